The normalized spacial score (nSPS) is 13.8. The molecule has 1 aliphatic heterocycles. The van der Waals surface area contributed by atoms with Crippen LogP contribution in [-0.2, 0) is 19.6 Å². The minimum absolute atomic E-state index is 0.728. The second-order valence-electron chi connectivity index (χ2n) is 4.21. The Morgan fingerprint density at radius 3 is 2.94 bits per heavy atom. The molecule has 0 saturated carbocycles. The highest BCUT2D eigenvalue weighted by molar-refractivity contribution is 5.34. The summed E-state index contributed by atoms with van der Waals surface area (Å²) < 4.78 is 0. The Morgan fingerprint density at radius 2 is 2.19 bits per heavy atom. The van der Waals surface area contributed by atoms with E-state index >= 15 is 0 Å². The summed E-state index contributed by atoms with van der Waals surface area (Å²) in [6, 6.07) is 6.74. The fraction of sp³-hybridized carbons (Fsp3) is 0.429. The zero-order valence-electron chi connectivity index (χ0n) is 9.79. The average Bonchev–Trinajstić information content (AvgIpc) is 2.75. The van der Waals surface area contributed by atoms with E-state index in [1.54, 1.807) is 0 Å². The predicted octanol–water partition coefficient (Wildman–Crippen LogP) is 1.74. The monoisotopic (exact) mass is 214 g/mol. The molecule has 0 saturated heterocycles. The molecule has 0 aromatic heterocycles. The van der Waals surface area contributed by atoms with Gasteiger partial charge in [0, 0.05) is 19.6 Å². The molecule has 0 amide bonds. The van der Waals surface area contributed by atoms with Gasteiger partial charge < -0.3 is 5.32 Å². The number of hydrogen-bond donors (Lipinski definition) is 1. The zero-order chi connectivity index (χ0) is 11.4. The maximum atomic E-state index is 5.35. The molecule has 1 heterocycles. The molecule has 0 spiro atoms. The lowest BCUT2D eigenvalue weighted by Gasteiger charge is -2.17. The summed E-state index contributed by atoms with van der Waals surface area (Å²) in [6.45, 7) is 6.84. The number of rotatable bonds is 4. The standard InChI is InChI=1S/C14H18N2/c1-3-7-16(4-2)11-12-5-6-13-9-15-10-14(13)8-12/h1,5-6,8,15H,4,7,9-11H2,2H3. The van der Waals surface area contributed by atoms with E-state index in [1.165, 1.54) is 16.7 Å². The molecule has 1 aromatic carbocycles. The first-order valence-corrected chi connectivity index (χ1v) is 5.80. The van der Waals surface area contributed by atoms with Crippen LogP contribution in [0.4, 0.5) is 0 Å². The van der Waals surface area contributed by atoms with Gasteiger partial charge in [-0.05, 0) is 23.2 Å². The highest BCUT2D eigenvalue weighted by atomic mass is 15.1. The van der Waals surface area contributed by atoms with E-state index in [0.29, 0.717) is 0 Å². The maximum absolute atomic E-state index is 5.35. The third-order valence-corrected chi connectivity index (χ3v) is 3.07. The average molecular weight is 214 g/mol. The van der Waals surface area contributed by atoms with E-state index < -0.39 is 0 Å². The van der Waals surface area contributed by atoms with Gasteiger partial charge in [-0.3, -0.25) is 4.90 Å². The van der Waals surface area contributed by atoms with E-state index in [4.69, 9.17) is 6.42 Å². The van der Waals surface area contributed by atoms with E-state index in [1.807, 2.05) is 0 Å². The first-order valence-electron chi connectivity index (χ1n) is 5.80. The van der Waals surface area contributed by atoms with E-state index in [0.717, 1.165) is 32.7 Å². The summed E-state index contributed by atoms with van der Waals surface area (Å²) in [7, 11) is 0. The van der Waals surface area contributed by atoms with Gasteiger partial charge in [0.25, 0.3) is 0 Å². The highest BCUT2D eigenvalue weighted by Crippen LogP contribution is 2.17. The van der Waals surface area contributed by atoms with Crippen molar-refractivity contribution in [1.82, 2.24) is 10.2 Å². The molecule has 0 fully saturated rings. The van der Waals surface area contributed by atoms with Gasteiger partial charge in [0.15, 0.2) is 0 Å². The van der Waals surface area contributed by atoms with Crippen LogP contribution >= 0.6 is 0 Å². The van der Waals surface area contributed by atoms with Crippen molar-refractivity contribution >= 4 is 0 Å². The molecule has 2 nitrogen and oxygen atoms in total. The van der Waals surface area contributed by atoms with Gasteiger partial charge >= 0.3 is 0 Å². The van der Waals surface area contributed by atoms with Gasteiger partial charge in [-0.1, -0.05) is 31.0 Å². The van der Waals surface area contributed by atoms with Crippen LogP contribution in [0.15, 0.2) is 18.2 Å². The summed E-state index contributed by atoms with van der Waals surface area (Å²) >= 11 is 0. The first kappa shape index (κ1) is 11.2. The Hall–Kier alpha value is -1.30. The third kappa shape index (κ3) is 2.44. The van der Waals surface area contributed by atoms with Gasteiger partial charge in [0.2, 0.25) is 0 Å². The maximum Gasteiger partial charge on any atom is 0.0601 e. The number of terminal acetylenes is 1. The SMILES string of the molecule is C#CCN(CC)Cc1ccc2c(c1)CNC2. The van der Waals surface area contributed by atoms with Gasteiger partial charge in [-0.2, -0.15) is 0 Å². The topological polar surface area (TPSA) is 15.3 Å². The Bertz CT molecular complexity index is 404. The third-order valence-electron chi connectivity index (χ3n) is 3.07. The number of nitrogens with one attached hydrogen (secondary N) is 1. The molecule has 1 aromatic rings. The van der Waals surface area contributed by atoms with Crippen molar-refractivity contribution in [2.75, 3.05) is 13.1 Å². The van der Waals surface area contributed by atoms with E-state index in [2.05, 4.69) is 41.3 Å². The van der Waals surface area contributed by atoms with Crippen LogP contribution in [-0.4, -0.2) is 18.0 Å². The summed E-state index contributed by atoms with van der Waals surface area (Å²) in [5.74, 6) is 2.70. The van der Waals surface area contributed by atoms with Crippen molar-refractivity contribution in [2.45, 2.75) is 26.6 Å². The molecule has 0 atom stereocenters. The number of fused-ring (bicyclic) bond motifs is 1. The van der Waals surface area contributed by atoms with Crippen molar-refractivity contribution < 1.29 is 0 Å². The molecular formula is C14H18N2. The lowest BCUT2D eigenvalue weighted by atomic mass is 10.1. The number of benzene rings is 1. The molecule has 1 N–H and O–H groups in total. The van der Waals surface area contributed by atoms with E-state index in [9.17, 15) is 0 Å². The Kier molecular flexibility index (Phi) is 3.61. The quantitative estimate of drug-likeness (QED) is 0.768. The first-order chi connectivity index (χ1) is 7.83. The highest BCUT2D eigenvalue weighted by Gasteiger charge is 2.10. The van der Waals surface area contributed by atoms with Crippen molar-refractivity contribution in [3.05, 3.63) is 34.9 Å². The van der Waals surface area contributed by atoms with Crippen LogP contribution in [0.1, 0.15) is 23.6 Å². The fourth-order valence-corrected chi connectivity index (χ4v) is 2.11. The van der Waals surface area contributed by atoms with Gasteiger partial charge in [-0.25, -0.2) is 0 Å². The van der Waals surface area contributed by atoms with Crippen LogP contribution in [0.2, 0.25) is 0 Å². The molecule has 2 rings (SSSR count). The van der Waals surface area contributed by atoms with Crippen molar-refractivity contribution in [3.63, 3.8) is 0 Å². The van der Waals surface area contributed by atoms with Crippen LogP contribution in [0.3, 0.4) is 0 Å². The molecule has 1 aliphatic rings. The van der Waals surface area contributed by atoms with Crippen LogP contribution in [0.5, 0.6) is 0 Å². The molecule has 2 heteroatoms. The fourth-order valence-electron chi connectivity index (χ4n) is 2.11. The molecule has 0 aliphatic carbocycles. The van der Waals surface area contributed by atoms with Crippen LogP contribution < -0.4 is 5.32 Å². The second kappa shape index (κ2) is 5.16. The summed E-state index contributed by atoms with van der Waals surface area (Å²) in [4.78, 5) is 2.27. The molecule has 84 valence electrons. The zero-order valence-corrected chi connectivity index (χ0v) is 9.79. The molecule has 16 heavy (non-hydrogen) atoms. The number of hydrogen-bond acceptors (Lipinski definition) is 2. The Labute approximate surface area is 97.7 Å². The smallest absolute Gasteiger partial charge is 0.0601 e. The summed E-state index contributed by atoms with van der Waals surface area (Å²) in [6.07, 6.45) is 5.35. The van der Waals surface area contributed by atoms with Gasteiger partial charge in [-0.15, -0.1) is 6.42 Å². The van der Waals surface area contributed by atoms with Crippen molar-refractivity contribution in [3.8, 4) is 12.3 Å². The number of nitrogens with zero attached hydrogens (tertiary/aromatic N) is 1. The van der Waals surface area contributed by atoms with Gasteiger partial charge in [0.1, 0.15) is 0 Å². The second-order valence-corrected chi connectivity index (χ2v) is 4.21. The Balaban J connectivity index is 2.07. The van der Waals surface area contributed by atoms with Crippen LogP contribution in [0.25, 0.3) is 0 Å². The van der Waals surface area contributed by atoms with E-state index in [-0.39, 0.29) is 0 Å². The summed E-state index contributed by atoms with van der Waals surface area (Å²) in [5, 5.41) is 3.36. The lowest BCUT2D eigenvalue weighted by molar-refractivity contribution is 0.316. The molecule has 0 radical (unpaired) electrons. The van der Waals surface area contributed by atoms with Crippen molar-refractivity contribution in [1.29, 1.82) is 0 Å². The lowest BCUT2D eigenvalue weighted by Crippen LogP contribution is -2.23. The molecular weight excluding hydrogens is 196 g/mol. The van der Waals surface area contributed by atoms with Crippen molar-refractivity contribution in [2.24, 2.45) is 0 Å². The minimum Gasteiger partial charge on any atom is -0.309 e. The van der Waals surface area contributed by atoms with Crippen LogP contribution in [0, 0.1) is 12.3 Å². The molecule has 0 unspecified atom stereocenters. The minimum atomic E-state index is 0.728. The molecule has 0 bridgehead atoms. The Morgan fingerprint density at radius 1 is 1.38 bits per heavy atom. The largest absolute Gasteiger partial charge is 0.309 e. The van der Waals surface area contributed by atoms with Gasteiger partial charge in [0.05, 0.1) is 6.54 Å². The summed E-state index contributed by atoms with van der Waals surface area (Å²) in [5.41, 5.74) is 4.23. The predicted molar refractivity (Wildman–Crippen MR) is 66.8 cm³/mol.